The van der Waals surface area contributed by atoms with Crippen LogP contribution in [-0.4, -0.2) is 0 Å². The topological polar surface area (TPSA) is 13.1 Å². The Morgan fingerprint density at radius 1 is 0.340 bits per heavy atom. The Hall–Kier alpha value is -6.18. The van der Waals surface area contributed by atoms with E-state index >= 15 is 0 Å². The maximum atomic E-state index is 6.13. The molecule has 0 radical (unpaired) electrons. The molecule has 1 nitrogen and oxygen atoms in total. The fourth-order valence-electron chi connectivity index (χ4n) is 7.55. The molecule has 50 heavy (non-hydrogen) atoms. The molecule has 1 heterocycles. The van der Waals surface area contributed by atoms with Gasteiger partial charge in [-0.2, -0.15) is 0 Å². The van der Waals surface area contributed by atoms with Crippen LogP contribution in [-0.2, 0) is 0 Å². The second kappa shape index (κ2) is 12.1. The summed E-state index contributed by atoms with van der Waals surface area (Å²) in [7, 11) is 0. The number of fused-ring (bicyclic) bond motifs is 3. The lowest BCUT2D eigenvalue weighted by atomic mass is 9.85. The summed E-state index contributed by atoms with van der Waals surface area (Å²) in [4.78, 5) is 0. The van der Waals surface area contributed by atoms with Gasteiger partial charge in [-0.1, -0.05) is 151 Å². The maximum absolute atomic E-state index is 6.13. The lowest BCUT2D eigenvalue weighted by molar-refractivity contribution is 0.669. The molecule has 0 aliphatic carbocycles. The zero-order valence-corrected chi connectivity index (χ0v) is 28.5. The normalized spacial score (nSPS) is 11.5. The summed E-state index contributed by atoms with van der Waals surface area (Å²) in [5, 5.41) is 10.1. The molecule has 0 fully saturated rings. The molecule has 0 amide bonds. The summed E-state index contributed by atoms with van der Waals surface area (Å²) in [5.41, 5.74) is 13.3. The highest BCUT2D eigenvalue weighted by Crippen LogP contribution is 2.44. The van der Waals surface area contributed by atoms with Crippen LogP contribution in [0.15, 0.2) is 168 Å². The number of benzene rings is 9. The van der Waals surface area contributed by atoms with Crippen LogP contribution < -0.4 is 0 Å². The van der Waals surface area contributed by atoms with E-state index in [0.29, 0.717) is 0 Å². The summed E-state index contributed by atoms with van der Waals surface area (Å²) in [6, 6.07) is 59.2. The molecule has 10 aromatic rings. The number of furan rings is 1. The Labute approximate surface area is 292 Å². The highest BCUT2D eigenvalue weighted by Gasteiger charge is 2.17. The summed E-state index contributed by atoms with van der Waals surface area (Å²) < 4.78 is 6.13. The molecule has 1 heteroatoms. The Balaban J connectivity index is 0.000000374. The van der Waals surface area contributed by atoms with Gasteiger partial charge in [0, 0.05) is 10.8 Å². The first-order valence-corrected chi connectivity index (χ1v) is 17.3. The highest BCUT2D eigenvalue weighted by atomic mass is 16.3. The van der Waals surface area contributed by atoms with Crippen molar-refractivity contribution in [3.8, 4) is 33.4 Å². The van der Waals surface area contributed by atoms with Gasteiger partial charge in [0.15, 0.2) is 0 Å². The molecule has 238 valence electrons. The third-order valence-corrected chi connectivity index (χ3v) is 10.4. The quantitative estimate of drug-likeness (QED) is 0.175. The van der Waals surface area contributed by atoms with Gasteiger partial charge >= 0.3 is 0 Å². The van der Waals surface area contributed by atoms with E-state index in [9.17, 15) is 0 Å². The summed E-state index contributed by atoms with van der Waals surface area (Å²) >= 11 is 0. The van der Waals surface area contributed by atoms with Crippen molar-refractivity contribution in [1.82, 2.24) is 0 Å². The molecule has 0 spiro atoms. The molecular weight excluding hydrogens is 605 g/mol. The zero-order valence-electron chi connectivity index (χ0n) is 28.5. The third-order valence-electron chi connectivity index (χ3n) is 10.4. The van der Waals surface area contributed by atoms with Crippen molar-refractivity contribution in [1.29, 1.82) is 0 Å². The fourth-order valence-corrected chi connectivity index (χ4v) is 7.55. The molecule has 1 aromatic heterocycles. The number of hydrogen-bond acceptors (Lipinski definition) is 1. The van der Waals surface area contributed by atoms with E-state index in [0.717, 1.165) is 21.9 Å². The van der Waals surface area contributed by atoms with E-state index < -0.39 is 0 Å². The van der Waals surface area contributed by atoms with Gasteiger partial charge in [-0.15, -0.1) is 0 Å². The Kier molecular flexibility index (Phi) is 7.21. The average Bonchev–Trinajstić information content (AvgIpc) is 3.54. The predicted molar refractivity (Wildman–Crippen MR) is 214 cm³/mol. The van der Waals surface area contributed by atoms with Crippen molar-refractivity contribution < 1.29 is 4.42 Å². The lowest BCUT2D eigenvalue weighted by Gasteiger charge is -2.18. The molecule has 0 bridgehead atoms. The Bertz CT molecular complexity index is 2810. The highest BCUT2D eigenvalue weighted by molar-refractivity contribution is 6.28. The van der Waals surface area contributed by atoms with Crippen LogP contribution >= 0.6 is 0 Å². The predicted octanol–water partition coefficient (Wildman–Crippen LogP) is 14.1. The summed E-state index contributed by atoms with van der Waals surface area (Å²) in [6.45, 7) is 6.38. The molecule has 0 N–H and O–H groups in total. The Morgan fingerprint density at radius 2 is 0.880 bits per heavy atom. The van der Waals surface area contributed by atoms with E-state index in [1.54, 1.807) is 0 Å². The van der Waals surface area contributed by atoms with Gasteiger partial charge in [-0.25, -0.2) is 0 Å². The fraction of sp³-hybridized carbons (Fsp3) is 0.0612. The van der Waals surface area contributed by atoms with Crippen molar-refractivity contribution in [2.45, 2.75) is 20.8 Å². The van der Waals surface area contributed by atoms with Gasteiger partial charge in [0.2, 0.25) is 0 Å². The third kappa shape index (κ3) is 5.02. The SMILES string of the molecule is Cc1ccc(-c2ccc3ccc4c(-c5ccccc5-c5ccc6oc7ccccc7c6c5)ccc5ccc2c3c54)cc1.Cc1ccccc1C. The molecule has 0 aliphatic heterocycles. The number of hydrogen-bond donors (Lipinski definition) is 0. The zero-order chi connectivity index (χ0) is 33.8. The van der Waals surface area contributed by atoms with Gasteiger partial charge in [-0.05, 0) is 116 Å². The van der Waals surface area contributed by atoms with Crippen molar-refractivity contribution in [3.05, 3.63) is 180 Å². The van der Waals surface area contributed by atoms with Crippen LogP contribution in [0.25, 0.3) is 87.6 Å². The standard InChI is InChI=1S/C41H26O.C8H10/c1-25-10-12-26(13-11-25)31-19-14-27-17-22-36-33(20-15-28-16-21-35(31)40(27)41(28)36)32-7-3-2-6-30(32)29-18-23-39-37(24-29)34-8-4-5-9-38(34)42-39;1-7-5-3-4-6-8(7)2/h2-24H,1H3;3-6H,1-2H3. The van der Waals surface area contributed by atoms with Gasteiger partial charge in [-0.3, -0.25) is 0 Å². The van der Waals surface area contributed by atoms with E-state index in [-0.39, 0.29) is 0 Å². The number of para-hydroxylation sites is 1. The van der Waals surface area contributed by atoms with E-state index in [2.05, 4.69) is 172 Å². The van der Waals surface area contributed by atoms with Crippen molar-refractivity contribution in [2.24, 2.45) is 0 Å². The molecule has 0 saturated heterocycles. The minimum atomic E-state index is 0.921. The van der Waals surface area contributed by atoms with Gasteiger partial charge < -0.3 is 4.42 Å². The molecule has 9 aromatic carbocycles. The summed E-state index contributed by atoms with van der Waals surface area (Å²) in [6.07, 6.45) is 0. The molecule has 0 aliphatic rings. The van der Waals surface area contributed by atoms with E-state index in [4.69, 9.17) is 4.42 Å². The Morgan fingerprint density at radius 3 is 1.58 bits per heavy atom. The van der Waals surface area contributed by atoms with E-state index in [1.165, 1.54) is 82.4 Å². The smallest absolute Gasteiger partial charge is 0.135 e. The summed E-state index contributed by atoms with van der Waals surface area (Å²) in [5.74, 6) is 0. The lowest BCUT2D eigenvalue weighted by Crippen LogP contribution is -1.91. The number of rotatable bonds is 3. The van der Waals surface area contributed by atoms with Gasteiger partial charge in [0.25, 0.3) is 0 Å². The minimum absolute atomic E-state index is 0.921. The second-order valence-corrected chi connectivity index (χ2v) is 13.5. The van der Waals surface area contributed by atoms with Crippen LogP contribution in [0.3, 0.4) is 0 Å². The van der Waals surface area contributed by atoms with Crippen LogP contribution in [0.4, 0.5) is 0 Å². The van der Waals surface area contributed by atoms with Crippen LogP contribution in [0.5, 0.6) is 0 Å². The minimum Gasteiger partial charge on any atom is -0.456 e. The van der Waals surface area contributed by atoms with Crippen LogP contribution in [0.1, 0.15) is 16.7 Å². The maximum Gasteiger partial charge on any atom is 0.135 e. The molecule has 0 saturated carbocycles. The van der Waals surface area contributed by atoms with Gasteiger partial charge in [0.05, 0.1) is 0 Å². The second-order valence-electron chi connectivity index (χ2n) is 13.5. The van der Waals surface area contributed by atoms with Crippen molar-refractivity contribution in [2.75, 3.05) is 0 Å². The van der Waals surface area contributed by atoms with E-state index in [1.807, 2.05) is 12.1 Å². The van der Waals surface area contributed by atoms with Crippen LogP contribution in [0.2, 0.25) is 0 Å². The molecule has 0 atom stereocenters. The first-order valence-electron chi connectivity index (χ1n) is 17.3. The van der Waals surface area contributed by atoms with Crippen LogP contribution in [0, 0.1) is 20.8 Å². The first kappa shape index (κ1) is 29.9. The average molecular weight is 641 g/mol. The van der Waals surface area contributed by atoms with Gasteiger partial charge in [0.1, 0.15) is 11.2 Å². The molecular formula is C49H36O. The largest absolute Gasteiger partial charge is 0.456 e. The van der Waals surface area contributed by atoms with Crippen molar-refractivity contribution in [3.63, 3.8) is 0 Å². The molecule has 0 unspecified atom stereocenters. The monoisotopic (exact) mass is 640 g/mol. The number of aryl methyl sites for hydroxylation is 3. The first-order chi connectivity index (χ1) is 24.5. The molecule has 10 rings (SSSR count). The van der Waals surface area contributed by atoms with Crippen molar-refractivity contribution >= 4 is 54.3 Å².